The molecule has 0 radical (unpaired) electrons. The van der Waals surface area contributed by atoms with Crippen molar-refractivity contribution >= 4 is 11.6 Å². The molecular formula is C20H20O3. The Morgan fingerprint density at radius 2 is 2.09 bits per heavy atom. The van der Waals surface area contributed by atoms with Crippen molar-refractivity contribution in [1.29, 1.82) is 0 Å². The Kier molecular flexibility index (Phi) is 3.59. The number of phenols is 1. The fraction of sp³-hybridized carbons (Fsp3) is 0.300. The van der Waals surface area contributed by atoms with Gasteiger partial charge in [0.05, 0.1) is 5.41 Å². The van der Waals surface area contributed by atoms with Crippen LogP contribution in [0.1, 0.15) is 31.7 Å². The average Bonchev–Trinajstić information content (AvgIpc) is 2.52. The summed E-state index contributed by atoms with van der Waals surface area (Å²) >= 11 is 0. The molecule has 23 heavy (non-hydrogen) atoms. The second-order valence-corrected chi connectivity index (χ2v) is 6.57. The first-order chi connectivity index (χ1) is 10.9. The van der Waals surface area contributed by atoms with Gasteiger partial charge in [0.1, 0.15) is 5.75 Å². The molecule has 1 aromatic rings. The molecule has 3 nitrogen and oxygen atoms in total. The first-order valence-electron chi connectivity index (χ1n) is 7.78. The largest absolute Gasteiger partial charge is 0.508 e. The van der Waals surface area contributed by atoms with Crippen LogP contribution in [-0.2, 0) is 9.59 Å². The summed E-state index contributed by atoms with van der Waals surface area (Å²) in [6, 6.07) is 6.92. The number of Topliss-reactive ketones (excluding diaryl/α,β-unsaturated/α-hetero) is 1. The molecule has 0 fully saturated rings. The number of ketones is 2. The number of hydrogen-bond donors (Lipinski definition) is 1. The summed E-state index contributed by atoms with van der Waals surface area (Å²) in [6.07, 6.45) is 5.76. The van der Waals surface area contributed by atoms with Crippen LogP contribution in [0.5, 0.6) is 5.75 Å². The minimum Gasteiger partial charge on any atom is -0.508 e. The summed E-state index contributed by atoms with van der Waals surface area (Å²) in [4.78, 5) is 25.5. The molecule has 118 valence electrons. The summed E-state index contributed by atoms with van der Waals surface area (Å²) < 4.78 is 0. The van der Waals surface area contributed by atoms with Crippen molar-refractivity contribution in [2.75, 3.05) is 0 Å². The minimum absolute atomic E-state index is 0.00268. The first kappa shape index (κ1) is 15.5. The van der Waals surface area contributed by atoms with Crippen LogP contribution < -0.4 is 0 Å². The quantitative estimate of drug-likeness (QED) is 0.906. The zero-order valence-corrected chi connectivity index (χ0v) is 13.4. The van der Waals surface area contributed by atoms with Crippen LogP contribution in [0, 0.1) is 11.3 Å². The van der Waals surface area contributed by atoms with Gasteiger partial charge in [-0.3, -0.25) is 9.59 Å². The van der Waals surface area contributed by atoms with E-state index in [1.807, 2.05) is 19.1 Å². The Morgan fingerprint density at radius 3 is 2.74 bits per heavy atom. The molecule has 1 N–H and O–H groups in total. The zero-order chi connectivity index (χ0) is 16.8. The van der Waals surface area contributed by atoms with Crippen molar-refractivity contribution in [2.45, 2.75) is 26.2 Å². The maximum Gasteiger partial charge on any atom is 0.166 e. The number of allylic oxidation sites excluding steroid dienone is 5. The van der Waals surface area contributed by atoms with Gasteiger partial charge < -0.3 is 5.11 Å². The van der Waals surface area contributed by atoms with Crippen LogP contribution >= 0.6 is 0 Å². The van der Waals surface area contributed by atoms with Crippen molar-refractivity contribution in [2.24, 2.45) is 11.3 Å². The third kappa shape index (κ3) is 2.19. The van der Waals surface area contributed by atoms with E-state index in [2.05, 4.69) is 6.58 Å². The predicted octanol–water partition coefficient (Wildman–Crippen LogP) is 3.71. The Hall–Kier alpha value is -2.42. The molecule has 0 spiro atoms. The summed E-state index contributed by atoms with van der Waals surface area (Å²) in [7, 11) is 0. The number of carbonyl (C=O) groups is 2. The van der Waals surface area contributed by atoms with Gasteiger partial charge in [0.2, 0.25) is 0 Å². The van der Waals surface area contributed by atoms with Gasteiger partial charge in [0, 0.05) is 11.8 Å². The summed E-state index contributed by atoms with van der Waals surface area (Å²) in [6.45, 7) is 7.45. The predicted molar refractivity (Wildman–Crippen MR) is 89.1 cm³/mol. The second kappa shape index (κ2) is 5.34. The van der Waals surface area contributed by atoms with Crippen LogP contribution in [-0.4, -0.2) is 16.7 Å². The summed E-state index contributed by atoms with van der Waals surface area (Å²) in [5.74, 6) is -0.490. The van der Waals surface area contributed by atoms with Crippen molar-refractivity contribution in [3.8, 4) is 5.75 Å². The lowest BCUT2D eigenvalue weighted by Gasteiger charge is -2.47. The van der Waals surface area contributed by atoms with Crippen LogP contribution in [0.2, 0.25) is 0 Å². The zero-order valence-electron chi connectivity index (χ0n) is 13.4. The molecule has 3 rings (SSSR count). The van der Waals surface area contributed by atoms with E-state index < -0.39 is 5.41 Å². The monoisotopic (exact) mass is 308 g/mol. The molecule has 3 unspecified atom stereocenters. The Morgan fingerprint density at radius 1 is 1.35 bits per heavy atom. The molecule has 3 heteroatoms. The fourth-order valence-corrected chi connectivity index (χ4v) is 4.11. The van der Waals surface area contributed by atoms with Crippen LogP contribution in [0.4, 0.5) is 0 Å². The molecular weight excluding hydrogens is 288 g/mol. The normalized spacial score (nSPS) is 30.3. The van der Waals surface area contributed by atoms with Crippen molar-refractivity contribution in [3.63, 3.8) is 0 Å². The molecule has 2 aliphatic carbocycles. The van der Waals surface area contributed by atoms with Crippen molar-refractivity contribution in [3.05, 3.63) is 65.8 Å². The number of benzene rings is 1. The van der Waals surface area contributed by atoms with Crippen molar-refractivity contribution in [1.82, 2.24) is 0 Å². The number of carbonyl (C=O) groups excluding carboxylic acids is 2. The summed E-state index contributed by atoms with van der Waals surface area (Å²) in [5, 5.41) is 9.84. The SMILES string of the molecule is C=CC1=CCC2C(=O)C=C(C)C(=O)C2(C)C1c1cccc(O)c1. The molecule has 0 saturated heterocycles. The third-order valence-corrected chi connectivity index (χ3v) is 5.24. The minimum atomic E-state index is -0.845. The Balaban J connectivity index is 2.25. The molecule has 0 heterocycles. The van der Waals surface area contributed by atoms with Gasteiger partial charge in [-0.15, -0.1) is 0 Å². The van der Waals surface area contributed by atoms with E-state index >= 15 is 0 Å². The van der Waals surface area contributed by atoms with Gasteiger partial charge in [-0.05, 0) is 48.3 Å². The molecule has 2 aliphatic rings. The van der Waals surface area contributed by atoms with Crippen molar-refractivity contribution < 1.29 is 14.7 Å². The molecule has 3 atom stereocenters. The number of rotatable bonds is 2. The van der Waals surface area contributed by atoms with Gasteiger partial charge in [-0.25, -0.2) is 0 Å². The molecule has 0 aliphatic heterocycles. The lowest BCUT2D eigenvalue weighted by molar-refractivity contribution is -0.137. The standard InChI is InChI=1S/C20H20O3/c1-4-13-8-9-16-17(22)10-12(2)19(23)20(16,3)18(13)14-6-5-7-15(21)11-14/h4-8,10-11,16,18,21H,1,9H2,2-3H3. The maximum absolute atomic E-state index is 13.0. The Labute approximate surface area is 136 Å². The molecule has 0 amide bonds. The van der Waals surface area contributed by atoms with E-state index in [0.717, 1.165) is 11.1 Å². The topological polar surface area (TPSA) is 54.4 Å². The van der Waals surface area contributed by atoms with E-state index in [9.17, 15) is 14.7 Å². The highest BCUT2D eigenvalue weighted by molar-refractivity contribution is 6.13. The highest BCUT2D eigenvalue weighted by atomic mass is 16.3. The molecule has 0 aromatic heterocycles. The van der Waals surface area contributed by atoms with Gasteiger partial charge in [0.15, 0.2) is 11.6 Å². The van der Waals surface area contributed by atoms with Gasteiger partial charge in [-0.2, -0.15) is 0 Å². The van der Waals surface area contributed by atoms with E-state index in [4.69, 9.17) is 0 Å². The van der Waals surface area contributed by atoms with E-state index in [0.29, 0.717) is 12.0 Å². The van der Waals surface area contributed by atoms with E-state index in [-0.39, 0.29) is 29.2 Å². The molecule has 1 aromatic carbocycles. The summed E-state index contributed by atoms with van der Waals surface area (Å²) in [5.41, 5.74) is 1.43. The second-order valence-electron chi connectivity index (χ2n) is 6.57. The lowest BCUT2D eigenvalue weighted by Crippen LogP contribution is -2.49. The Bertz CT molecular complexity index is 769. The number of hydrogen-bond acceptors (Lipinski definition) is 3. The first-order valence-corrected chi connectivity index (χ1v) is 7.78. The third-order valence-electron chi connectivity index (χ3n) is 5.24. The van der Waals surface area contributed by atoms with Crippen LogP contribution in [0.3, 0.4) is 0 Å². The van der Waals surface area contributed by atoms with Gasteiger partial charge in [-0.1, -0.05) is 37.8 Å². The lowest BCUT2D eigenvalue weighted by atomic mass is 9.53. The molecule has 0 saturated carbocycles. The number of fused-ring (bicyclic) bond motifs is 1. The smallest absolute Gasteiger partial charge is 0.166 e. The number of aromatic hydroxyl groups is 1. The van der Waals surface area contributed by atoms with Crippen LogP contribution in [0.25, 0.3) is 0 Å². The van der Waals surface area contributed by atoms with Gasteiger partial charge >= 0.3 is 0 Å². The van der Waals surface area contributed by atoms with E-state index in [1.54, 1.807) is 31.2 Å². The van der Waals surface area contributed by atoms with Gasteiger partial charge in [0.25, 0.3) is 0 Å². The highest BCUT2D eigenvalue weighted by Crippen LogP contribution is 2.55. The van der Waals surface area contributed by atoms with E-state index in [1.165, 1.54) is 6.08 Å². The maximum atomic E-state index is 13.0. The highest BCUT2D eigenvalue weighted by Gasteiger charge is 2.54. The molecule has 0 bridgehead atoms. The average molecular weight is 308 g/mol. The number of phenolic OH excluding ortho intramolecular Hbond substituents is 1. The fourth-order valence-electron chi connectivity index (χ4n) is 4.11. The van der Waals surface area contributed by atoms with Crippen LogP contribution in [0.15, 0.2) is 60.2 Å².